The van der Waals surface area contributed by atoms with E-state index in [4.69, 9.17) is 5.11 Å². The van der Waals surface area contributed by atoms with E-state index in [1.165, 1.54) is 18.3 Å². The number of aromatic amines is 1. The Bertz CT molecular complexity index is 559. The fraction of sp³-hybridized carbons (Fsp3) is 0. The number of hydrogen-bond acceptors (Lipinski definition) is 3. The molecule has 2 aromatic rings. The lowest BCUT2D eigenvalue weighted by Crippen LogP contribution is -2.05. The third kappa shape index (κ3) is 1.35. The number of hydrogen-bond donors (Lipinski definition) is 2. The number of rotatable bonds is 1. The van der Waals surface area contributed by atoms with Gasteiger partial charge in [0, 0.05) is 17.6 Å². The average molecular weight is 190 g/mol. The van der Waals surface area contributed by atoms with Gasteiger partial charge in [-0.05, 0) is 12.1 Å². The van der Waals surface area contributed by atoms with Crippen LogP contribution >= 0.6 is 0 Å². The van der Waals surface area contributed by atoms with Gasteiger partial charge in [-0.2, -0.15) is 0 Å². The lowest BCUT2D eigenvalue weighted by molar-refractivity contribution is 0.0690. The summed E-state index contributed by atoms with van der Waals surface area (Å²) in [5, 5.41) is 9.36. The molecular weight excluding hydrogens is 184 g/mol. The Hall–Kier alpha value is -2.17. The van der Waals surface area contributed by atoms with Crippen LogP contribution in [0, 0.1) is 0 Å². The molecule has 0 atom stereocenters. The van der Waals surface area contributed by atoms with Crippen molar-refractivity contribution in [1.29, 1.82) is 0 Å². The smallest absolute Gasteiger partial charge is 0.354 e. The van der Waals surface area contributed by atoms with Crippen LogP contribution < -0.4 is 5.56 Å². The minimum atomic E-state index is -1.11. The topological polar surface area (TPSA) is 83.0 Å². The van der Waals surface area contributed by atoms with Gasteiger partial charge < -0.3 is 10.1 Å². The highest BCUT2D eigenvalue weighted by Gasteiger charge is 2.05. The summed E-state index contributed by atoms with van der Waals surface area (Å²) < 4.78 is 0. The molecule has 70 valence electrons. The van der Waals surface area contributed by atoms with Crippen molar-refractivity contribution in [2.45, 2.75) is 0 Å². The zero-order valence-electron chi connectivity index (χ0n) is 7.02. The van der Waals surface area contributed by atoms with Gasteiger partial charge in [0.15, 0.2) is 0 Å². The summed E-state index contributed by atoms with van der Waals surface area (Å²) in [5.74, 6) is -1.11. The minimum Gasteiger partial charge on any atom is -0.477 e. The fourth-order valence-corrected chi connectivity index (χ4v) is 1.16. The molecule has 0 saturated carbocycles. The van der Waals surface area contributed by atoms with Gasteiger partial charge in [-0.15, -0.1) is 0 Å². The molecular formula is C9H6N2O3. The zero-order chi connectivity index (χ0) is 10.1. The number of pyridine rings is 2. The summed E-state index contributed by atoms with van der Waals surface area (Å²) in [6.45, 7) is 0. The fourth-order valence-electron chi connectivity index (χ4n) is 1.16. The van der Waals surface area contributed by atoms with Gasteiger partial charge in [0.1, 0.15) is 5.69 Å². The number of fused-ring (bicyclic) bond motifs is 1. The number of H-pyrrole nitrogens is 1. The molecule has 0 amide bonds. The molecule has 0 unspecified atom stereocenters. The maximum Gasteiger partial charge on any atom is 0.354 e. The van der Waals surface area contributed by atoms with Crippen molar-refractivity contribution in [3.05, 3.63) is 40.4 Å². The Morgan fingerprint density at radius 3 is 2.93 bits per heavy atom. The van der Waals surface area contributed by atoms with Crippen LogP contribution in [0.1, 0.15) is 10.5 Å². The van der Waals surface area contributed by atoms with Gasteiger partial charge in [-0.1, -0.05) is 0 Å². The minimum absolute atomic E-state index is 0.0839. The van der Waals surface area contributed by atoms with E-state index in [1.807, 2.05) is 0 Å². The van der Waals surface area contributed by atoms with Crippen molar-refractivity contribution in [2.75, 3.05) is 0 Å². The quantitative estimate of drug-likeness (QED) is 0.690. The van der Waals surface area contributed by atoms with Gasteiger partial charge >= 0.3 is 5.97 Å². The van der Waals surface area contributed by atoms with Crippen LogP contribution in [0.15, 0.2) is 29.2 Å². The van der Waals surface area contributed by atoms with Crippen molar-refractivity contribution < 1.29 is 9.90 Å². The highest BCUT2D eigenvalue weighted by molar-refractivity contribution is 5.90. The summed E-state index contributed by atoms with van der Waals surface area (Å²) >= 11 is 0. The number of aromatic carboxylic acids is 1. The predicted octanol–water partition coefficient (Wildman–Crippen LogP) is 0.621. The molecule has 0 spiro atoms. The molecule has 0 saturated heterocycles. The number of carboxylic acids is 1. The maximum atomic E-state index is 10.9. The summed E-state index contributed by atoms with van der Waals surface area (Å²) in [6.07, 6.45) is 1.41. The predicted molar refractivity (Wildman–Crippen MR) is 49.3 cm³/mol. The van der Waals surface area contributed by atoms with E-state index >= 15 is 0 Å². The van der Waals surface area contributed by atoms with E-state index in [-0.39, 0.29) is 11.3 Å². The second-order valence-corrected chi connectivity index (χ2v) is 2.78. The molecule has 0 aliphatic rings. The standard InChI is InChI=1S/C9H6N2O3/c12-8-2-1-5-4-10-7(9(13)14)3-6(5)11-8/h1-4H,(H,11,12)(H,13,14). The highest BCUT2D eigenvalue weighted by Crippen LogP contribution is 2.08. The Morgan fingerprint density at radius 2 is 2.21 bits per heavy atom. The van der Waals surface area contributed by atoms with Crippen LogP contribution in [0.5, 0.6) is 0 Å². The normalized spacial score (nSPS) is 10.3. The Morgan fingerprint density at radius 1 is 1.43 bits per heavy atom. The zero-order valence-corrected chi connectivity index (χ0v) is 7.02. The number of aromatic nitrogens is 2. The molecule has 0 aliphatic heterocycles. The summed E-state index contributed by atoms with van der Waals surface area (Å²) in [7, 11) is 0. The number of carboxylic acid groups (broad SMARTS) is 1. The molecule has 5 nitrogen and oxygen atoms in total. The van der Waals surface area contributed by atoms with Crippen LogP contribution in [0.4, 0.5) is 0 Å². The highest BCUT2D eigenvalue weighted by atomic mass is 16.4. The third-order valence-electron chi connectivity index (χ3n) is 1.83. The molecule has 0 bridgehead atoms. The van der Waals surface area contributed by atoms with Gasteiger partial charge in [0.05, 0.1) is 5.52 Å². The molecule has 2 rings (SSSR count). The molecule has 0 aromatic carbocycles. The lowest BCUT2D eigenvalue weighted by Gasteiger charge is -1.97. The van der Waals surface area contributed by atoms with Crippen LogP contribution in [0.2, 0.25) is 0 Å². The molecule has 2 aromatic heterocycles. The maximum absolute atomic E-state index is 10.9. The van der Waals surface area contributed by atoms with Crippen molar-refractivity contribution >= 4 is 16.9 Å². The van der Waals surface area contributed by atoms with Gasteiger partial charge in [0.2, 0.25) is 5.56 Å². The van der Waals surface area contributed by atoms with E-state index in [0.717, 1.165) is 0 Å². The molecule has 2 N–H and O–H groups in total. The van der Waals surface area contributed by atoms with Gasteiger partial charge in [0.25, 0.3) is 0 Å². The first kappa shape index (κ1) is 8.43. The van der Waals surface area contributed by atoms with Crippen LogP contribution in [-0.4, -0.2) is 21.0 Å². The van der Waals surface area contributed by atoms with E-state index < -0.39 is 5.97 Å². The largest absolute Gasteiger partial charge is 0.477 e. The van der Waals surface area contributed by atoms with E-state index in [2.05, 4.69) is 9.97 Å². The molecule has 0 radical (unpaired) electrons. The molecule has 0 aliphatic carbocycles. The monoisotopic (exact) mass is 190 g/mol. The van der Waals surface area contributed by atoms with E-state index in [0.29, 0.717) is 10.9 Å². The van der Waals surface area contributed by atoms with Crippen LogP contribution in [0.3, 0.4) is 0 Å². The molecule has 2 heterocycles. The summed E-state index contributed by atoms with van der Waals surface area (Å²) in [6, 6.07) is 4.29. The third-order valence-corrected chi connectivity index (χ3v) is 1.83. The molecule has 0 fully saturated rings. The number of nitrogens with one attached hydrogen (secondary N) is 1. The first-order chi connectivity index (χ1) is 6.66. The van der Waals surface area contributed by atoms with Crippen LogP contribution in [0.25, 0.3) is 10.9 Å². The Labute approximate surface area is 78.0 Å². The average Bonchev–Trinajstić information content (AvgIpc) is 2.16. The SMILES string of the molecule is O=C(O)c1cc2[nH]c(=O)ccc2cn1. The lowest BCUT2D eigenvalue weighted by atomic mass is 10.2. The summed E-state index contributed by atoms with van der Waals surface area (Å²) in [4.78, 5) is 27.8. The van der Waals surface area contributed by atoms with Crippen LogP contribution in [-0.2, 0) is 0 Å². The number of carbonyl (C=O) groups is 1. The van der Waals surface area contributed by atoms with Crippen molar-refractivity contribution in [3.63, 3.8) is 0 Å². The Balaban J connectivity index is 2.75. The van der Waals surface area contributed by atoms with E-state index in [1.54, 1.807) is 6.07 Å². The van der Waals surface area contributed by atoms with E-state index in [9.17, 15) is 9.59 Å². The first-order valence-electron chi connectivity index (χ1n) is 3.89. The Kier molecular flexibility index (Phi) is 1.78. The summed E-state index contributed by atoms with van der Waals surface area (Å²) in [5.41, 5.74) is 0.129. The van der Waals surface area contributed by atoms with Gasteiger partial charge in [-0.3, -0.25) is 4.79 Å². The second kappa shape index (κ2) is 2.95. The van der Waals surface area contributed by atoms with Crippen molar-refractivity contribution in [1.82, 2.24) is 9.97 Å². The number of nitrogens with zero attached hydrogens (tertiary/aromatic N) is 1. The molecule has 5 heteroatoms. The second-order valence-electron chi connectivity index (χ2n) is 2.78. The van der Waals surface area contributed by atoms with Crippen molar-refractivity contribution in [3.8, 4) is 0 Å². The molecule has 14 heavy (non-hydrogen) atoms. The van der Waals surface area contributed by atoms with Gasteiger partial charge in [-0.25, -0.2) is 9.78 Å². The first-order valence-corrected chi connectivity index (χ1v) is 3.89. The van der Waals surface area contributed by atoms with Crippen molar-refractivity contribution in [2.24, 2.45) is 0 Å².